The monoisotopic (exact) mass is 282 g/mol. The summed E-state index contributed by atoms with van der Waals surface area (Å²) in [4.78, 5) is 0. The molecule has 1 aliphatic carbocycles. The minimum absolute atomic E-state index is 1.00. The molecule has 0 N–H and O–H groups in total. The number of rotatable bonds is 2. The highest BCUT2D eigenvalue weighted by Gasteiger charge is 2.22. The molecule has 80 valence electrons. The average Bonchev–Trinajstić information content (AvgIpc) is 2.46. The van der Waals surface area contributed by atoms with Crippen LogP contribution in [0.1, 0.15) is 11.1 Å². The number of halogens is 1. The van der Waals surface area contributed by atoms with Gasteiger partial charge in [-0.1, -0.05) is 22.0 Å². The molecule has 1 nitrogen and oxygen atoms in total. The van der Waals surface area contributed by atoms with Crippen LogP contribution in [0, 0.1) is 0 Å². The zero-order chi connectivity index (χ0) is 11.1. The molecular formula is C12H15BrOSi. The third kappa shape index (κ3) is 2.52. The van der Waals surface area contributed by atoms with Crippen molar-refractivity contribution in [3.8, 4) is 0 Å². The summed E-state index contributed by atoms with van der Waals surface area (Å²) in [5.41, 5.74) is 2.62. The van der Waals surface area contributed by atoms with Gasteiger partial charge in [0.2, 0.25) is 8.32 Å². The maximum atomic E-state index is 6.06. The van der Waals surface area contributed by atoms with Crippen molar-refractivity contribution in [1.82, 2.24) is 0 Å². The highest BCUT2D eigenvalue weighted by molar-refractivity contribution is 9.10. The first-order valence-electron chi connectivity index (χ1n) is 5.14. The van der Waals surface area contributed by atoms with Crippen LogP contribution >= 0.6 is 15.9 Å². The van der Waals surface area contributed by atoms with Crippen LogP contribution in [0.25, 0.3) is 5.76 Å². The van der Waals surface area contributed by atoms with Crippen LogP contribution in [0.15, 0.2) is 28.7 Å². The fraction of sp³-hybridized carbons (Fsp3) is 0.333. The second kappa shape index (κ2) is 3.80. The minimum Gasteiger partial charge on any atom is -0.544 e. The maximum absolute atomic E-state index is 6.06. The Hall–Kier alpha value is -0.543. The zero-order valence-corrected chi connectivity index (χ0v) is 11.9. The Labute approximate surface area is 100 Å². The number of fused-ring (bicyclic) bond motifs is 1. The summed E-state index contributed by atoms with van der Waals surface area (Å²) in [6.07, 6.45) is 3.19. The molecule has 0 aliphatic heterocycles. The van der Waals surface area contributed by atoms with Crippen molar-refractivity contribution in [3.63, 3.8) is 0 Å². The second-order valence-corrected chi connectivity index (χ2v) is 10.1. The molecular weight excluding hydrogens is 268 g/mol. The van der Waals surface area contributed by atoms with Crippen molar-refractivity contribution in [2.75, 3.05) is 0 Å². The van der Waals surface area contributed by atoms with Gasteiger partial charge in [-0.25, -0.2) is 0 Å². The molecule has 0 atom stereocenters. The van der Waals surface area contributed by atoms with Crippen LogP contribution in [-0.4, -0.2) is 8.32 Å². The lowest BCUT2D eigenvalue weighted by atomic mass is 10.1. The quantitative estimate of drug-likeness (QED) is 0.739. The van der Waals surface area contributed by atoms with Gasteiger partial charge in [0, 0.05) is 10.0 Å². The van der Waals surface area contributed by atoms with Crippen molar-refractivity contribution in [2.24, 2.45) is 0 Å². The molecule has 0 saturated carbocycles. The second-order valence-electron chi connectivity index (χ2n) is 4.79. The zero-order valence-electron chi connectivity index (χ0n) is 9.30. The Morgan fingerprint density at radius 2 is 2.00 bits per heavy atom. The summed E-state index contributed by atoms with van der Waals surface area (Å²) in [5.74, 6) is 1.07. The first kappa shape index (κ1) is 11.0. The Morgan fingerprint density at radius 1 is 1.27 bits per heavy atom. The van der Waals surface area contributed by atoms with Crippen LogP contribution in [-0.2, 0) is 10.8 Å². The normalized spacial score (nSPS) is 14.8. The summed E-state index contributed by atoms with van der Waals surface area (Å²) >= 11 is 3.50. The number of benzene rings is 1. The first-order valence-corrected chi connectivity index (χ1v) is 9.34. The van der Waals surface area contributed by atoms with E-state index in [1.807, 2.05) is 0 Å². The molecule has 0 aromatic heterocycles. The molecule has 0 unspecified atom stereocenters. The summed E-state index contributed by atoms with van der Waals surface area (Å²) in [6, 6.07) is 6.40. The molecule has 3 heteroatoms. The van der Waals surface area contributed by atoms with Gasteiger partial charge >= 0.3 is 0 Å². The average molecular weight is 283 g/mol. The molecule has 0 fully saturated rings. The van der Waals surface area contributed by atoms with Crippen molar-refractivity contribution in [1.29, 1.82) is 0 Å². The van der Waals surface area contributed by atoms with Crippen molar-refractivity contribution < 1.29 is 4.43 Å². The smallest absolute Gasteiger partial charge is 0.242 e. The predicted octanol–water partition coefficient (Wildman–Crippen LogP) is 4.20. The van der Waals surface area contributed by atoms with Gasteiger partial charge in [0.25, 0.3) is 0 Å². The van der Waals surface area contributed by atoms with Crippen molar-refractivity contribution in [3.05, 3.63) is 39.9 Å². The molecule has 0 radical (unpaired) electrons. The van der Waals surface area contributed by atoms with E-state index in [1.54, 1.807) is 0 Å². The van der Waals surface area contributed by atoms with E-state index in [1.165, 1.54) is 11.1 Å². The van der Waals surface area contributed by atoms with Crippen molar-refractivity contribution in [2.45, 2.75) is 26.1 Å². The van der Waals surface area contributed by atoms with Gasteiger partial charge in [-0.2, -0.15) is 0 Å². The van der Waals surface area contributed by atoms with E-state index in [4.69, 9.17) is 4.43 Å². The van der Waals surface area contributed by atoms with E-state index in [2.05, 4.69) is 59.8 Å². The molecule has 0 saturated heterocycles. The number of allylic oxidation sites excluding steroid dienone is 1. The molecule has 0 heterocycles. The van der Waals surface area contributed by atoms with Crippen LogP contribution in [0.3, 0.4) is 0 Å². The fourth-order valence-electron chi connectivity index (χ4n) is 1.70. The lowest BCUT2D eigenvalue weighted by molar-refractivity contribution is 0.515. The standard InChI is InChI=1S/C12H15BrOSi/c1-15(2,3)14-12-7-5-9-4-6-10(13)8-11(9)12/h4,6-8H,5H2,1-3H3. The Bertz CT molecular complexity index is 418. The Morgan fingerprint density at radius 3 is 2.67 bits per heavy atom. The molecule has 15 heavy (non-hydrogen) atoms. The summed E-state index contributed by atoms with van der Waals surface area (Å²) in [7, 11) is -1.49. The lowest BCUT2D eigenvalue weighted by Gasteiger charge is -2.20. The lowest BCUT2D eigenvalue weighted by Crippen LogP contribution is -2.24. The summed E-state index contributed by atoms with van der Waals surface area (Å²) in [6.45, 7) is 6.64. The fourth-order valence-corrected chi connectivity index (χ4v) is 2.91. The van der Waals surface area contributed by atoms with E-state index in [0.717, 1.165) is 16.7 Å². The summed E-state index contributed by atoms with van der Waals surface area (Å²) in [5, 5.41) is 0. The molecule has 0 amide bonds. The molecule has 2 rings (SSSR count). The van der Waals surface area contributed by atoms with Crippen LogP contribution in [0.4, 0.5) is 0 Å². The number of hydrogen-bond donors (Lipinski definition) is 0. The van der Waals surface area contributed by atoms with E-state index in [9.17, 15) is 0 Å². The molecule has 0 bridgehead atoms. The van der Waals surface area contributed by atoms with Crippen molar-refractivity contribution >= 4 is 30.0 Å². The van der Waals surface area contributed by atoms with Crippen LogP contribution < -0.4 is 0 Å². The molecule has 0 spiro atoms. The van der Waals surface area contributed by atoms with Gasteiger partial charge in [-0.3, -0.25) is 0 Å². The van der Waals surface area contributed by atoms with Gasteiger partial charge in [0.1, 0.15) is 5.76 Å². The summed E-state index contributed by atoms with van der Waals surface area (Å²) < 4.78 is 7.18. The first-order chi connectivity index (χ1) is 6.96. The van der Waals surface area contributed by atoms with Gasteiger partial charge in [0.15, 0.2) is 0 Å². The topological polar surface area (TPSA) is 9.23 Å². The third-order valence-electron chi connectivity index (χ3n) is 2.26. The molecule has 1 aliphatic rings. The van der Waals surface area contributed by atoms with Crippen LogP contribution in [0.2, 0.25) is 19.6 Å². The Kier molecular flexibility index (Phi) is 2.77. The van der Waals surface area contributed by atoms with E-state index in [-0.39, 0.29) is 0 Å². The Balaban J connectivity index is 2.30. The predicted molar refractivity (Wildman–Crippen MR) is 70.3 cm³/mol. The van der Waals surface area contributed by atoms with E-state index >= 15 is 0 Å². The highest BCUT2D eigenvalue weighted by atomic mass is 79.9. The highest BCUT2D eigenvalue weighted by Crippen LogP contribution is 2.32. The van der Waals surface area contributed by atoms with Gasteiger partial charge in [-0.15, -0.1) is 0 Å². The number of hydrogen-bond acceptors (Lipinski definition) is 1. The van der Waals surface area contributed by atoms with Gasteiger partial charge in [0.05, 0.1) is 0 Å². The molecule has 1 aromatic rings. The van der Waals surface area contributed by atoms with Crippen LogP contribution in [0.5, 0.6) is 0 Å². The molecule has 1 aromatic carbocycles. The van der Waals surface area contributed by atoms with E-state index in [0.29, 0.717) is 0 Å². The third-order valence-corrected chi connectivity index (χ3v) is 3.59. The van der Waals surface area contributed by atoms with Gasteiger partial charge < -0.3 is 4.43 Å². The SMILES string of the molecule is C[Si](C)(C)OC1=CCc2ccc(Br)cc21. The largest absolute Gasteiger partial charge is 0.544 e. The van der Waals surface area contributed by atoms with Gasteiger partial charge in [-0.05, 0) is 49.8 Å². The maximum Gasteiger partial charge on any atom is 0.242 e. The van der Waals surface area contributed by atoms with E-state index < -0.39 is 8.32 Å². The minimum atomic E-state index is -1.49.